The number of carbonyl (C=O) groups excluding carboxylic acids is 2. The molecule has 2 saturated carbocycles. The van der Waals surface area contributed by atoms with Gasteiger partial charge in [-0.2, -0.15) is 0 Å². The average Bonchev–Trinajstić information content (AvgIpc) is 3.07. The van der Waals surface area contributed by atoms with E-state index in [4.69, 9.17) is 4.42 Å². The van der Waals surface area contributed by atoms with E-state index in [9.17, 15) is 9.59 Å². The minimum Gasteiger partial charge on any atom is -0.459 e. The number of furan rings is 1. The summed E-state index contributed by atoms with van der Waals surface area (Å²) in [6.07, 6.45) is 10.2. The average molecular weight is 304 g/mol. The largest absolute Gasteiger partial charge is 0.459 e. The van der Waals surface area contributed by atoms with Crippen molar-refractivity contribution in [3.63, 3.8) is 0 Å². The van der Waals surface area contributed by atoms with Crippen molar-refractivity contribution in [2.75, 3.05) is 6.54 Å². The molecule has 2 N–H and O–H groups in total. The van der Waals surface area contributed by atoms with Crippen LogP contribution in [0.2, 0.25) is 0 Å². The van der Waals surface area contributed by atoms with Gasteiger partial charge in [-0.15, -0.1) is 0 Å². The van der Waals surface area contributed by atoms with Gasteiger partial charge >= 0.3 is 0 Å². The molecule has 0 spiro atoms. The highest BCUT2D eigenvalue weighted by atomic mass is 16.3. The molecule has 2 amide bonds. The van der Waals surface area contributed by atoms with E-state index in [1.54, 1.807) is 12.1 Å². The van der Waals surface area contributed by atoms with Gasteiger partial charge in [0.1, 0.15) is 0 Å². The summed E-state index contributed by atoms with van der Waals surface area (Å²) in [5.41, 5.74) is 0. The second-order valence-corrected chi connectivity index (χ2v) is 6.54. The number of nitrogens with one attached hydrogen (secondary N) is 2. The predicted octanol–water partition coefficient (Wildman–Crippen LogP) is 2.48. The van der Waals surface area contributed by atoms with E-state index < -0.39 is 0 Å². The summed E-state index contributed by atoms with van der Waals surface area (Å²) in [5, 5.41) is 5.65. The summed E-state index contributed by atoms with van der Waals surface area (Å²) in [7, 11) is 0. The zero-order valence-electron chi connectivity index (χ0n) is 12.8. The van der Waals surface area contributed by atoms with E-state index in [2.05, 4.69) is 10.6 Å². The number of amides is 2. The minimum atomic E-state index is -0.351. The Bertz CT molecular complexity index is 512. The molecule has 3 rings (SSSR count). The van der Waals surface area contributed by atoms with Gasteiger partial charge in [0.05, 0.1) is 12.8 Å². The molecule has 5 heteroatoms. The number of fused-ring (bicyclic) bond motifs is 1. The maximum atomic E-state index is 12.0. The van der Waals surface area contributed by atoms with Gasteiger partial charge in [-0.05, 0) is 43.2 Å². The first kappa shape index (κ1) is 15.1. The van der Waals surface area contributed by atoms with Crippen molar-refractivity contribution < 1.29 is 14.0 Å². The topological polar surface area (TPSA) is 71.3 Å². The quantitative estimate of drug-likeness (QED) is 0.897. The lowest BCUT2D eigenvalue weighted by atomic mass is 9.69. The van der Waals surface area contributed by atoms with Crippen LogP contribution in [0.4, 0.5) is 0 Å². The van der Waals surface area contributed by atoms with Crippen molar-refractivity contribution in [3.8, 4) is 0 Å². The van der Waals surface area contributed by atoms with Crippen LogP contribution in [0.15, 0.2) is 22.8 Å². The summed E-state index contributed by atoms with van der Waals surface area (Å²) < 4.78 is 4.99. The van der Waals surface area contributed by atoms with E-state index >= 15 is 0 Å². The van der Waals surface area contributed by atoms with Crippen LogP contribution >= 0.6 is 0 Å². The van der Waals surface area contributed by atoms with Gasteiger partial charge in [-0.25, -0.2) is 0 Å². The Hall–Kier alpha value is -1.78. The first-order chi connectivity index (χ1) is 10.7. The molecule has 2 fully saturated rings. The Kier molecular flexibility index (Phi) is 4.80. The van der Waals surface area contributed by atoms with Crippen molar-refractivity contribution >= 4 is 11.8 Å². The van der Waals surface area contributed by atoms with Crippen LogP contribution in [0.1, 0.15) is 55.5 Å². The number of carbonyl (C=O) groups is 2. The fourth-order valence-electron chi connectivity index (χ4n) is 3.94. The molecule has 0 aliphatic heterocycles. The van der Waals surface area contributed by atoms with Crippen molar-refractivity contribution in [1.82, 2.24) is 10.6 Å². The monoisotopic (exact) mass is 304 g/mol. The third-order valence-electron chi connectivity index (χ3n) is 5.06. The van der Waals surface area contributed by atoms with Gasteiger partial charge in [0.15, 0.2) is 5.76 Å². The second-order valence-electron chi connectivity index (χ2n) is 6.54. The highest BCUT2D eigenvalue weighted by molar-refractivity contribution is 5.94. The standard InChI is InChI=1S/C17H24N2O3/c20-16(11-18-17(21)15-6-3-9-22-15)19-14-8-7-12-4-1-2-5-13(12)10-14/h3,6,9,12-14H,1-2,4-5,7-8,10-11H2,(H,18,21)(H,19,20). The smallest absolute Gasteiger partial charge is 0.287 e. The first-order valence-corrected chi connectivity index (χ1v) is 8.33. The molecule has 0 radical (unpaired) electrons. The Balaban J connectivity index is 1.41. The highest BCUT2D eigenvalue weighted by Gasteiger charge is 2.32. The highest BCUT2D eigenvalue weighted by Crippen LogP contribution is 2.40. The molecule has 0 saturated heterocycles. The Morgan fingerprint density at radius 1 is 1.14 bits per heavy atom. The molecule has 22 heavy (non-hydrogen) atoms. The zero-order chi connectivity index (χ0) is 15.4. The van der Waals surface area contributed by atoms with Crippen molar-refractivity contribution in [3.05, 3.63) is 24.2 Å². The lowest BCUT2D eigenvalue weighted by Gasteiger charge is -2.39. The second kappa shape index (κ2) is 6.99. The van der Waals surface area contributed by atoms with Crippen LogP contribution in [0, 0.1) is 11.8 Å². The maximum Gasteiger partial charge on any atom is 0.287 e. The van der Waals surface area contributed by atoms with Crippen molar-refractivity contribution in [2.24, 2.45) is 11.8 Å². The van der Waals surface area contributed by atoms with Gasteiger partial charge < -0.3 is 15.1 Å². The molecule has 1 aromatic heterocycles. The van der Waals surface area contributed by atoms with Crippen LogP contribution < -0.4 is 10.6 Å². The van der Waals surface area contributed by atoms with E-state index in [0.717, 1.165) is 24.7 Å². The molecule has 2 aliphatic carbocycles. The van der Waals surface area contributed by atoms with E-state index in [1.165, 1.54) is 38.4 Å². The van der Waals surface area contributed by atoms with Gasteiger partial charge in [-0.1, -0.05) is 25.7 Å². The van der Waals surface area contributed by atoms with E-state index in [-0.39, 0.29) is 30.2 Å². The summed E-state index contributed by atoms with van der Waals surface area (Å²) >= 11 is 0. The zero-order valence-corrected chi connectivity index (χ0v) is 12.8. The lowest BCUT2D eigenvalue weighted by Crippen LogP contribution is -2.45. The molecule has 3 atom stereocenters. The van der Waals surface area contributed by atoms with E-state index in [0.29, 0.717) is 0 Å². The lowest BCUT2D eigenvalue weighted by molar-refractivity contribution is -0.121. The van der Waals surface area contributed by atoms with Crippen LogP contribution in [0.3, 0.4) is 0 Å². The van der Waals surface area contributed by atoms with Crippen LogP contribution in [0.5, 0.6) is 0 Å². The summed E-state index contributed by atoms with van der Waals surface area (Å²) in [4.78, 5) is 23.7. The Morgan fingerprint density at radius 2 is 1.95 bits per heavy atom. The molecule has 5 nitrogen and oxygen atoms in total. The Morgan fingerprint density at radius 3 is 2.73 bits per heavy atom. The fourth-order valence-corrected chi connectivity index (χ4v) is 3.94. The summed E-state index contributed by atoms with van der Waals surface area (Å²) in [6, 6.07) is 3.50. The molecular weight excluding hydrogens is 280 g/mol. The molecular formula is C17H24N2O3. The summed E-state index contributed by atoms with van der Waals surface area (Å²) in [6.45, 7) is 0.00410. The normalized spacial score (nSPS) is 27.7. The van der Waals surface area contributed by atoms with Crippen molar-refractivity contribution in [2.45, 2.75) is 51.0 Å². The van der Waals surface area contributed by atoms with Gasteiger partial charge in [-0.3, -0.25) is 9.59 Å². The van der Waals surface area contributed by atoms with Gasteiger partial charge in [0, 0.05) is 6.04 Å². The fraction of sp³-hybridized carbons (Fsp3) is 0.647. The third kappa shape index (κ3) is 3.70. The van der Waals surface area contributed by atoms with Crippen LogP contribution in [0.25, 0.3) is 0 Å². The molecule has 0 aromatic carbocycles. The van der Waals surface area contributed by atoms with Crippen LogP contribution in [-0.2, 0) is 4.79 Å². The maximum absolute atomic E-state index is 12.0. The minimum absolute atomic E-state index is 0.00410. The van der Waals surface area contributed by atoms with Gasteiger partial charge in [0.25, 0.3) is 5.91 Å². The van der Waals surface area contributed by atoms with Crippen LogP contribution in [-0.4, -0.2) is 24.4 Å². The molecule has 1 aromatic rings. The molecule has 120 valence electrons. The number of rotatable bonds is 4. The SMILES string of the molecule is O=C(CNC(=O)c1ccco1)NC1CCC2CCCCC2C1. The molecule has 3 unspecified atom stereocenters. The number of hydrogen-bond acceptors (Lipinski definition) is 3. The van der Waals surface area contributed by atoms with Gasteiger partial charge in [0.2, 0.25) is 5.91 Å². The Labute approximate surface area is 130 Å². The molecule has 2 aliphatic rings. The summed E-state index contributed by atoms with van der Waals surface area (Å²) in [5.74, 6) is 1.43. The van der Waals surface area contributed by atoms with E-state index in [1.807, 2.05) is 0 Å². The number of hydrogen-bond donors (Lipinski definition) is 2. The van der Waals surface area contributed by atoms with Crippen molar-refractivity contribution in [1.29, 1.82) is 0 Å². The molecule has 1 heterocycles. The molecule has 0 bridgehead atoms. The first-order valence-electron chi connectivity index (χ1n) is 8.33. The third-order valence-corrected chi connectivity index (χ3v) is 5.06. The predicted molar refractivity (Wildman–Crippen MR) is 82.3 cm³/mol.